The first-order chi connectivity index (χ1) is 8.65. The molecule has 5 heteroatoms. The molecular weight excluding hydrogens is 314 g/mol. The van der Waals surface area contributed by atoms with Crippen molar-refractivity contribution in [3.8, 4) is 11.3 Å². The van der Waals surface area contributed by atoms with E-state index in [0.29, 0.717) is 0 Å². The van der Waals surface area contributed by atoms with Gasteiger partial charge in [-0.05, 0) is 18.6 Å². The van der Waals surface area contributed by atoms with Crippen LogP contribution in [0.15, 0.2) is 34.1 Å². The lowest BCUT2D eigenvalue weighted by Crippen LogP contribution is -1.98. The Morgan fingerprint density at radius 2 is 2.33 bits per heavy atom. The summed E-state index contributed by atoms with van der Waals surface area (Å²) >= 11 is 4.99. The van der Waals surface area contributed by atoms with Crippen molar-refractivity contribution in [1.82, 2.24) is 4.98 Å². The van der Waals surface area contributed by atoms with Gasteiger partial charge in [0.25, 0.3) is 0 Å². The number of benzene rings is 1. The summed E-state index contributed by atoms with van der Waals surface area (Å²) in [5.74, 6) is -0.820. The zero-order chi connectivity index (χ0) is 12.7. The van der Waals surface area contributed by atoms with Gasteiger partial charge in [0.05, 0.1) is 16.6 Å². The van der Waals surface area contributed by atoms with Gasteiger partial charge in [-0.3, -0.25) is 4.79 Å². The third kappa shape index (κ3) is 2.20. The molecule has 1 aliphatic rings. The number of aromatic nitrogens is 1. The molecule has 0 amide bonds. The van der Waals surface area contributed by atoms with Crippen LogP contribution >= 0.6 is 27.3 Å². The Kier molecular flexibility index (Phi) is 2.95. The number of nitrogens with zero attached hydrogens (tertiary/aromatic N) is 1. The molecule has 3 rings (SSSR count). The molecule has 2 unspecified atom stereocenters. The first-order valence-electron chi connectivity index (χ1n) is 5.59. The summed E-state index contributed by atoms with van der Waals surface area (Å²) in [5.41, 5.74) is 1.98. The molecule has 1 aromatic heterocycles. The molecule has 2 aromatic rings. The fraction of sp³-hybridized carbons (Fsp3) is 0.231. The normalized spacial score (nSPS) is 21.8. The summed E-state index contributed by atoms with van der Waals surface area (Å²) in [6.07, 6.45) is 0.723. The molecule has 0 radical (unpaired) electrons. The molecule has 1 heterocycles. The van der Waals surface area contributed by atoms with Crippen LogP contribution in [-0.4, -0.2) is 16.1 Å². The minimum absolute atomic E-state index is 0.119. The molecule has 2 atom stereocenters. The van der Waals surface area contributed by atoms with Crippen LogP contribution < -0.4 is 0 Å². The quantitative estimate of drug-likeness (QED) is 0.935. The van der Waals surface area contributed by atoms with Crippen LogP contribution in [0.25, 0.3) is 11.3 Å². The van der Waals surface area contributed by atoms with E-state index in [4.69, 9.17) is 5.11 Å². The molecule has 1 N–H and O–H groups in total. The predicted molar refractivity (Wildman–Crippen MR) is 73.7 cm³/mol. The van der Waals surface area contributed by atoms with Crippen molar-refractivity contribution in [1.29, 1.82) is 0 Å². The number of carbonyl (C=O) groups is 1. The van der Waals surface area contributed by atoms with Crippen molar-refractivity contribution in [3.63, 3.8) is 0 Å². The summed E-state index contributed by atoms with van der Waals surface area (Å²) in [6, 6.07) is 7.96. The van der Waals surface area contributed by atoms with Gasteiger partial charge in [0, 0.05) is 21.3 Å². The standard InChI is InChI=1S/C13H10BrNO2S/c14-8-3-1-2-7(4-8)11-6-18-12(15-11)9-5-10(9)13(16)17/h1-4,6,9-10H,5H2,(H,16,17). The monoisotopic (exact) mass is 323 g/mol. The molecule has 0 saturated heterocycles. The van der Waals surface area contributed by atoms with Gasteiger partial charge < -0.3 is 5.11 Å². The smallest absolute Gasteiger partial charge is 0.307 e. The number of aliphatic carboxylic acids is 1. The van der Waals surface area contributed by atoms with Gasteiger partial charge in [-0.1, -0.05) is 28.1 Å². The van der Waals surface area contributed by atoms with Crippen LogP contribution in [0.1, 0.15) is 17.3 Å². The first-order valence-corrected chi connectivity index (χ1v) is 7.26. The summed E-state index contributed by atoms with van der Waals surface area (Å²) in [7, 11) is 0. The van der Waals surface area contributed by atoms with E-state index < -0.39 is 5.97 Å². The van der Waals surface area contributed by atoms with E-state index in [2.05, 4.69) is 20.9 Å². The number of hydrogen-bond acceptors (Lipinski definition) is 3. The van der Waals surface area contributed by atoms with E-state index in [1.807, 2.05) is 29.6 Å². The lowest BCUT2D eigenvalue weighted by Gasteiger charge is -1.97. The number of rotatable bonds is 3. The van der Waals surface area contributed by atoms with Gasteiger partial charge in [-0.25, -0.2) is 4.98 Å². The van der Waals surface area contributed by atoms with E-state index in [-0.39, 0.29) is 11.8 Å². The van der Waals surface area contributed by atoms with Crippen LogP contribution in [0.5, 0.6) is 0 Å². The van der Waals surface area contributed by atoms with Crippen molar-refractivity contribution >= 4 is 33.2 Å². The Hall–Kier alpha value is -1.20. The third-order valence-corrected chi connectivity index (χ3v) is 4.54. The SMILES string of the molecule is O=C(O)C1CC1c1nc(-c2cccc(Br)c2)cs1. The van der Waals surface area contributed by atoms with Crippen molar-refractivity contribution < 1.29 is 9.90 Å². The highest BCUT2D eigenvalue weighted by molar-refractivity contribution is 9.10. The highest BCUT2D eigenvalue weighted by Gasteiger charge is 2.46. The summed E-state index contributed by atoms with van der Waals surface area (Å²) in [6.45, 7) is 0. The number of halogens is 1. The molecule has 0 bridgehead atoms. The van der Waals surface area contributed by atoms with E-state index in [0.717, 1.165) is 27.2 Å². The lowest BCUT2D eigenvalue weighted by atomic mass is 10.2. The van der Waals surface area contributed by atoms with E-state index in [9.17, 15) is 4.79 Å². The minimum atomic E-state index is -0.709. The van der Waals surface area contributed by atoms with Gasteiger partial charge in [-0.15, -0.1) is 11.3 Å². The maximum atomic E-state index is 10.8. The van der Waals surface area contributed by atoms with E-state index in [1.54, 1.807) is 11.3 Å². The molecule has 1 aliphatic carbocycles. The molecule has 92 valence electrons. The number of hydrogen-bond donors (Lipinski definition) is 1. The highest BCUT2D eigenvalue weighted by Crippen LogP contribution is 2.49. The zero-order valence-corrected chi connectivity index (χ0v) is 11.7. The van der Waals surface area contributed by atoms with Crippen molar-refractivity contribution in [2.24, 2.45) is 5.92 Å². The molecule has 1 fully saturated rings. The molecule has 0 spiro atoms. The van der Waals surface area contributed by atoms with Gasteiger partial charge in [0.2, 0.25) is 0 Å². The van der Waals surface area contributed by atoms with E-state index in [1.165, 1.54) is 0 Å². The lowest BCUT2D eigenvalue weighted by molar-refractivity contribution is -0.138. The molecule has 18 heavy (non-hydrogen) atoms. The average Bonchev–Trinajstić information content (AvgIpc) is 3.00. The summed E-state index contributed by atoms with van der Waals surface area (Å²) in [4.78, 5) is 15.4. The molecule has 0 aliphatic heterocycles. The zero-order valence-electron chi connectivity index (χ0n) is 9.34. The Morgan fingerprint density at radius 1 is 1.50 bits per heavy atom. The van der Waals surface area contributed by atoms with E-state index >= 15 is 0 Å². The van der Waals surface area contributed by atoms with Crippen LogP contribution in [-0.2, 0) is 4.79 Å². The maximum Gasteiger partial charge on any atom is 0.307 e. The fourth-order valence-corrected chi connectivity index (χ4v) is 3.39. The van der Waals surface area contributed by atoms with Crippen LogP contribution in [0.4, 0.5) is 0 Å². The van der Waals surface area contributed by atoms with Crippen LogP contribution in [0.2, 0.25) is 0 Å². The second kappa shape index (κ2) is 4.48. The van der Waals surface area contributed by atoms with Crippen molar-refractivity contribution in [2.75, 3.05) is 0 Å². The van der Waals surface area contributed by atoms with Gasteiger partial charge in [0.1, 0.15) is 0 Å². The third-order valence-electron chi connectivity index (χ3n) is 3.07. The highest BCUT2D eigenvalue weighted by atomic mass is 79.9. The second-order valence-corrected chi connectivity index (χ2v) is 6.17. The van der Waals surface area contributed by atoms with Crippen molar-refractivity contribution in [3.05, 3.63) is 39.1 Å². The predicted octanol–water partition coefficient (Wildman–Crippen LogP) is 3.76. The van der Waals surface area contributed by atoms with Gasteiger partial charge in [0.15, 0.2) is 0 Å². The Morgan fingerprint density at radius 3 is 3.00 bits per heavy atom. The molecule has 1 aromatic carbocycles. The molecular formula is C13H10BrNO2S. The number of carboxylic acids is 1. The molecule has 1 saturated carbocycles. The minimum Gasteiger partial charge on any atom is -0.481 e. The van der Waals surface area contributed by atoms with Crippen LogP contribution in [0, 0.1) is 5.92 Å². The Labute approximate surface area is 117 Å². The topological polar surface area (TPSA) is 50.2 Å². The fourth-order valence-electron chi connectivity index (χ4n) is 1.98. The van der Waals surface area contributed by atoms with Gasteiger partial charge in [-0.2, -0.15) is 0 Å². The second-order valence-electron chi connectivity index (χ2n) is 4.37. The number of thiazole rings is 1. The summed E-state index contributed by atoms with van der Waals surface area (Å²) in [5, 5.41) is 11.9. The molecule has 3 nitrogen and oxygen atoms in total. The van der Waals surface area contributed by atoms with Gasteiger partial charge >= 0.3 is 5.97 Å². The average molecular weight is 324 g/mol. The summed E-state index contributed by atoms with van der Waals surface area (Å²) < 4.78 is 1.02. The Bertz CT molecular complexity index is 611. The number of carboxylic acid groups (broad SMARTS) is 1. The van der Waals surface area contributed by atoms with Crippen LogP contribution in [0.3, 0.4) is 0 Å². The Balaban J connectivity index is 1.84. The first kappa shape index (κ1) is 11.9. The maximum absolute atomic E-state index is 10.8. The largest absolute Gasteiger partial charge is 0.481 e. The van der Waals surface area contributed by atoms with Crippen molar-refractivity contribution in [2.45, 2.75) is 12.3 Å².